The van der Waals surface area contributed by atoms with Crippen molar-refractivity contribution in [3.05, 3.63) is 106 Å². The van der Waals surface area contributed by atoms with E-state index in [0.717, 1.165) is 11.0 Å². The zero-order valence-corrected chi connectivity index (χ0v) is 34.4. The Morgan fingerprint density at radius 2 is 1.26 bits per heavy atom. The van der Waals surface area contributed by atoms with Gasteiger partial charge in [0, 0.05) is 0 Å². The minimum absolute atomic E-state index is 0.00958. The van der Waals surface area contributed by atoms with E-state index in [4.69, 9.17) is 4.74 Å². The molecule has 3 aromatic rings. The summed E-state index contributed by atoms with van der Waals surface area (Å²) in [7, 11) is 8.30. The van der Waals surface area contributed by atoms with Crippen LogP contribution in [0.2, 0.25) is 13.3 Å². The third kappa shape index (κ3) is 6.78. The number of hydrogen-bond donors (Lipinski definition) is 0. The molecule has 0 heterocycles. The van der Waals surface area contributed by atoms with Crippen molar-refractivity contribution in [1.29, 1.82) is 0 Å². The van der Waals surface area contributed by atoms with Gasteiger partial charge in [0.2, 0.25) is 0 Å². The Bertz CT molecular complexity index is 1590. The third-order valence-corrected chi connectivity index (χ3v) is 25.4. The van der Waals surface area contributed by atoms with E-state index >= 15 is 0 Å². The van der Waals surface area contributed by atoms with Gasteiger partial charge in [-0.2, -0.15) is 0 Å². The Kier molecular flexibility index (Phi) is 11.9. The predicted molar refractivity (Wildman–Crippen MR) is 207 cm³/mol. The van der Waals surface area contributed by atoms with E-state index in [2.05, 4.69) is 167 Å². The van der Waals surface area contributed by atoms with Crippen molar-refractivity contribution in [2.45, 2.75) is 86.4 Å². The number of hydrogen-bond acceptors (Lipinski definition) is 3. The fourth-order valence-corrected chi connectivity index (χ4v) is 25.9. The first kappa shape index (κ1) is 37.8. The van der Waals surface area contributed by atoms with Crippen molar-refractivity contribution >= 4 is 24.6 Å². The molecule has 0 fully saturated rings. The molecule has 0 saturated heterocycles. The minimum atomic E-state index is -2.40. The van der Waals surface area contributed by atoms with Gasteiger partial charge in [0.05, 0.1) is 0 Å². The molecule has 1 atom stereocenters. The molecule has 0 spiro atoms. The van der Waals surface area contributed by atoms with Gasteiger partial charge in [0.15, 0.2) is 0 Å². The van der Waals surface area contributed by atoms with Crippen LogP contribution in [-0.4, -0.2) is 43.4 Å². The van der Waals surface area contributed by atoms with Crippen LogP contribution in [0.3, 0.4) is 0 Å². The van der Waals surface area contributed by atoms with Crippen LogP contribution < -0.4 is 19.7 Å². The maximum atomic E-state index is 6.59. The molecule has 0 aliphatic heterocycles. The summed E-state index contributed by atoms with van der Waals surface area (Å²) in [6.07, 6.45) is 2.57. The molecule has 1 aliphatic carbocycles. The molecular formula is C42H61LuN2OSi. The molecule has 0 saturated carbocycles. The summed E-state index contributed by atoms with van der Waals surface area (Å²) in [4.78, 5) is 4.62. The fraction of sp³-hybridized carbons (Fsp3) is 0.476. The molecule has 0 bridgehead atoms. The molecule has 1 unspecified atom stereocenters. The molecular weight excluding hydrogens is 752 g/mol. The number of benzene rings is 3. The Balaban J connectivity index is 2.18. The van der Waals surface area contributed by atoms with E-state index in [0.29, 0.717) is 0 Å². The first-order chi connectivity index (χ1) is 22.1. The van der Waals surface area contributed by atoms with E-state index in [1.807, 2.05) is 7.11 Å². The summed E-state index contributed by atoms with van der Waals surface area (Å²) >= 11 is -1.35. The molecule has 0 N–H and O–H groups in total. The van der Waals surface area contributed by atoms with Gasteiger partial charge in [-0.15, -0.1) is 0 Å². The van der Waals surface area contributed by atoms with Crippen LogP contribution >= 0.6 is 0 Å². The van der Waals surface area contributed by atoms with E-state index in [9.17, 15) is 0 Å². The summed E-state index contributed by atoms with van der Waals surface area (Å²) in [6, 6.07) is 25.6. The number of aryl methyl sites for hydroxylation is 1. The number of methoxy groups -OCH3 is 1. The third-order valence-electron chi connectivity index (χ3n) is 10.2. The van der Waals surface area contributed by atoms with Crippen molar-refractivity contribution in [3.8, 4) is 5.75 Å². The first-order valence-corrected chi connectivity index (χ1v) is 22.6. The number of anilines is 2. The van der Waals surface area contributed by atoms with E-state index in [1.165, 1.54) is 56.5 Å². The Hall–Kier alpha value is -2.01. The van der Waals surface area contributed by atoms with Gasteiger partial charge in [-0.25, -0.2) is 0 Å². The summed E-state index contributed by atoms with van der Waals surface area (Å²) in [6.45, 7) is 21.7. The van der Waals surface area contributed by atoms with Gasteiger partial charge in [0.25, 0.3) is 0 Å². The number of allylic oxidation sites excluding steroid dienone is 4. The average molecular weight is 813 g/mol. The topological polar surface area (TPSA) is 15.7 Å². The van der Waals surface area contributed by atoms with Crippen LogP contribution in [0.5, 0.6) is 5.75 Å². The van der Waals surface area contributed by atoms with Crippen LogP contribution in [0.15, 0.2) is 83.5 Å². The Morgan fingerprint density at radius 3 is 1.64 bits per heavy atom. The second-order valence-corrected chi connectivity index (χ2v) is 24.7. The van der Waals surface area contributed by atoms with Gasteiger partial charge in [0.1, 0.15) is 0 Å². The second kappa shape index (κ2) is 14.9. The van der Waals surface area contributed by atoms with Crippen LogP contribution in [0.25, 0.3) is 0 Å². The monoisotopic (exact) mass is 812 g/mol. The van der Waals surface area contributed by atoms with E-state index in [1.54, 1.807) is 11.1 Å². The molecule has 0 amide bonds. The van der Waals surface area contributed by atoms with Gasteiger partial charge >= 0.3 is 303 Å². The molecule has 47 heavy (non-hydrogen) atoms. The molecule has 0 radical (unpaired) electrons. The van der Waals surface area contributed by atoms with Crippen LogP contribution in [0.4, 0.5) is 11.4 Å². The first-order valence-electron chi connectivity index (χ1n) is 17.1. The van der Waals surface area contributed by atoms with E-state index in [-0.39, 0.29) is 6.67 Å². The van der Waals surface area contributed by atoms with Crippen molar-refractivity contribution in [2.75, 3.05) is 45.1 Å². The summed E-state index contributed by atoms with van der Waals surface area (Å²) < 4.78 is 8.82. The molecule has 3 nitrogen and oxygen atoms in total. The molecule has 4 rings (SSSR count). The second-order valence-electron chi connectivity index (χ2n) is 14.7. The SMILES string of the molecule is CC[Si](CC)(c1cc(C)cc(C(C)(C)C)c1OC)[C]1([Lu]([CH2]c2ccccc2N(C)C)[CH2]c2ccccc2N(C)C)C(C)=CC(C)=C1C. The number of rotatable bonds is 12. The normalized spacial score (nSPS) is 17.1. The van der Waals surface area contributed by atoms with Crippen LogP contribution in [0, 0.1) is 38.0 Å². The molecule has 5 heteroatoms. The van der Waals surface area contributed by atoms with Crippen molar-refractivity contribution in [3.63, 3.8) is 0 Å². The number of ether oxygens (including phenoxy) is 1. The van der Waals surface area contributed by atoms with Gasteiger partial charge < -0.3 is 0 Å². The summed E-state index contributed by atoms with van der Waals surface area (Å²) in [5, 5.41) is 1.53. The molecule has 264 valence electrons. The molecule has 1 aliphatic rings. The maximum absolute atomic E-state index is 6.59. The number of nitrogens with zero attached hydrogens (tertiary/aromatic N) is 2. The van der Waals surface area contributed by atoms with Crippen LogP contribution in [0.1, 0.15) is 77.6 Å². The number of para-hydroxylation sites is 2. The quantitative estimate of drug-likeness (QED) is 0.170. The van der Waals surface area contributed by atoms with E-state index < -0.39 is 39.2 Å². The Morgan fingerprint density at radius 1 is 0.766 bits per heavy atom. The van der Waals surface area contributed by atoms with Gasteiger partial charge in [-0.05, 0) is 0 Å². The zero-order valence-electron chi connectivity index (χ0n) is 31.7. The van der Waals surface area contributed by atoms with Crippen molar-refractivity contribution in [1.82, 2.24) is 0 Å². The standard InChI is InChI=1S/C24H37OSi.2C9H12N.Lu/c1-11-26(12-2,23-18(5)15-17(4)19(23)6)21-14-16(3)13-20(22(21)25-10)24(7,8)9;2*1-8-6-4-5-7-9(8)10(2)3;/h13-15H,11-12H2,1-10H3;2*4-7H,1H2,2-3H3;. The summed E-state index contributed by atoms with van der Waals surface area (Å²) in [5.41, 5.74) is 13.0. The van der Waals surface area contributed by atoms with Gasteiger partial charge in [-0.1, -0.05) is 0 Å². The fourth-order valence-electron chi connectivity index (χ4n) is 7.87. The summed E-state index contributed by atoms with van der Waals surface area (Å²) in [5.74, 6) is 1.15. The average Bonchev–Trinajstić information content (AvgIpc) is 3.25. The molecule has 0 aromatic heterocycles. The van der Waals surface area contributed by atoms with Crippen molar-refractivity contribution in [2.24, 2.45) is 0 Å². The van der Waals surface area contributed by atoms with Gasteiger partial charge in [-0.3, -0.25) is 0 Å². The Labute approximate surface area is 301 Å². The molecule has 3 aromatic carbocycles. The van der Waals surface area contributed by atoms with Crippen LogP contribution in [-0.2, 0) is 10.7 Å². The van der Waals surface area contributed by atoms with Crippen molar-refractivity contribution < 1.29 is 35.9 Å². The predicted octanol–water partition coefficient (Wildman–Crippen LogP) is 10.1. The zero-order chi connectivity index (χ0) is 34.9.